The Morgan fingerprint density at radius 2 is 1.03 bits per heavy atom. The number of methoxy groups -OCH3 is 1. The summed E-state index contributed by atoms with van der Waals surface area (Å²) < 4.78 is 66.2. The molecule has 5 fully saturated rings. The number of hydrogen-bond donors (Lipinski definition) is 9. The lowest BCUT2D eigenvalue weighted by Crippen LogP contribution is -2.56. The summed E-state index contributed by atoms with van der Waals surface area (Å²) in [6.07, 6.45) is -23.9. The van der Waals surface area contributed by atoms with Crippen LogP contribution in [0.5, 0.6) is 17.2 Å². The summed E-state index contributed by atoms with van der Waals surface area (Å²) in [5, 5.41) is 98.1. The van der Waals surface area contributed by atoms with Crippen LogP contribution in [-0.2, 0) is 63.4 Å². The Morgan fingerprint density at radius 3 is 1.48 bits per heavy atom. The predicted octanol–water partition coefficient (Wildman–Crippen LogP) is 0.208. The fraction of sp³-hybridized carbons (Fsp3) is 0.740. The van der Waals surface area contributed by atoms with Gasteiger partial charge in [0.2, 0.25) is 12.1 Å². The van der Waals surface area contributed by atoms with Crippen molar-refractivity contribution in [3.63, 3.8) is 0 Å². The Kier molecular flexibility index (Phi) is 17.2. The molecule has 0 radical (unpaired) electrons. The topological polar surface area (TPSA) is 335 Å². The minimum absolute atomic E-state index is 0.0240. The van der Waals surface area contributed by atoms with E-state index in [0.29, 0.717) is 0 Å². The molecule has 23 nitrogen and oxygen atoms in total. The van der Waals surface area contributed by atoms with Crippen molar-refractivity contribution in [3.05, 3.63) is 28.8 Å². The first-order valence-corrected chi connectivity index (χ1v) is 24.9. The van der Waals surface area contributed by atoms with Crippen LogP contribution in [0.4, 0.5) is 0 Å². The molecular formula is C50H70O23. The van der Waals surface area contributed by atoms with Crippen LogP contribution in [-0.4, -0.2) is 206 Å². The third-order valence-electron chi connectivity index (χ3n) is 15.1. The molecule has 9 N–H and O–H groups in total. The molecule has 23 heteroatoms. The van der Waals surface area contributed by atoms with E-state index < -0.39 is 170 Å². The molecule has 0 bridgehead atoms. The minimum atomic E-state index is -1.61. The van der Waals surface area contributed by atoms with E-state index in [1.807, 2.05) is 0 Å². The van der Waals surface area contributed by atoms with Crippen LogP contribution in [0.3, 0.4) is 0 Å². The molecule has 408 valence electrons. The maximum Gasteiger partial charge on any atom is 0.227 e. The molecule has 1 aliphatic carbocycles. The second-order valence-electron chi connectivity index (χ2n) is 20.3. The van der Waals surface area contributed by atoms with Crippen molar-refractivity contribution in [3.8, 4) is 17.2 Å². The average molecular weight is 1040 g/mol. The van der Waals surface area contributed by atoms with Crippen molar-refractivity contribution in [1.82, 2.24) is 0 Å². The number of ether oxygens (including phenoxy) is 11. The first kappa shape index (κ1) is 55.7. The van der Waals surface area contributed by atoms with E-state index in [-0.39, 0.29) is 71.7 Å². The quantitative estimate of drug-likeness (QED) is 0.114. The van der Waals surface area contributed by atoms with Gasteiger partial charge in [0, 0.05) is 57.6 Å². The van der Waals surface area contributed by atoms with Crippen LogP contribution in [0.15, 0.2) is 12.1 Å². The predicted molar refractivity (Wildman–Crippen MR) is 247 cm³/mol. The van der Waals surface area contributed by atoms with Crippen LogP contribution >= 0.6 is 0 Å². The maximum atomic E-state index is 14.9. The lowest BCUT2D eigenvalue weighted by atomic mass is 9.75. The van der Waals surface area contributed by atoms with Crippen molar-refractivity contribution in [2.45, 2.75) is 222 Å². The fourth-order valence-corrected chi connectivity index (χ4v) is 10.8. The number of aliphatic hydroxyl groups excluding tert-OH is 7. The summed E-state index contributed by atoms with van der Waals surface area (Å²) >= 11 is 0. The Morgan fingerprint density at radius 1 is 0.603 bits per heavy atom. The van der Waals surface area contributed by atoms with Gasteiger partial charge in [0.25, 0.3) is 0 Å². The molecular weight excluding hydrogens is 969 g/mol. The van der Waals surface area contributed by atoms with Crippen LogP contribution in [0.1, 0.15) is 95.1 Å². The molecule has 5 saturated heterocycles. The second-order valence-corrected chi connectivity index (χ2v) is 20.3. The lowest BCUT2D eigenvalue weighted by molar-refractivity contribution is -0.329. The highest BCUT2D eigenvalue weighted by atomic mass is 16.7. The Bertz CT molecular complexity index is 2290. The number of carbonyl (C=O) groups is 3. The SMILES string of the molecule is CO[C@H](C(=O)C(C)=O)[C@@H]1Cc2cc3cc(O[C@H]4C[C@@H](O[C@H]5C[C@@H](O)[C@H](O)C(C)O5)[C@H](O)C(C)O4)c(C)c(O)c3c(O)c2C(=O)[C@H]1O[C@H]1C[C@@H](O[C@H]2C[C@@H](O[C@H]3C[C@@H](O)[C@H](O)C(C)O3)[C@@H](O)C(C)O2)[C@H](O)C(C)O1. The summed E-state index contributed by atoms with van der Waals surface area (Å²) in [6, 6.07) is 3.06. The average Bonchev–Trinajstić information content (AvgIpc) is 3.32. The summed E-state index contributed by atoms with van der Waals surface area (Å²) in [6.45, 7) is 10.5. The molecule has 6 aliphatic rings. The normalized spacial score (nSPS) is 41.8. The number of phenolic OH excluding ortho intramolecular Hbond substituents is 2. The molecule has 0 amide bonds. The molecule has 0 spiro atoms. The Hall–Kier alpha value is -3.57. The molecule has 0 aromatic heterocycles. The molecule has 23 atom stereocenters. The number of benzene rings is 2. The standard InChI is InChI=1S/C50H70O23/c1-17-29(69-35-14-30(44(58)21(5)66-35)70-33-12-27(52)42(56)19(3)64-33)11-25-9-24-10-26(49(63-8)41(55)18(2)51)50(48(62)39(24)47(61)38(25)40(17)54)73-37-16-32(46(60)23(7)68-37)72-36-15-31(45(59)22(6)67-36)71-34-13-28(53)43(57)20(4)65-34/h9,11,19-23,26-28,30-37,42-46,49-50,52-54,56-61H,10,12-16H2,1-8H3/t19?,20?,21?,22?,23?,26-,27+,28+,30+,31+,32+,33-,34-,35-,36-,37-,42+,43+,44+,45-,46+,49-,50-/m0/s1. The molecule has 2 aromatic rings. The van der Waals surface area contributed by atoms with Gasteiger partial charge >= 0.3 is 0 Å². The van der Waals surface area contributed by atoms with Crippen molar-refractivity contribution < 1.29 is 112 Å². The number of aliphatic hydroxyl groups is 7. The molecule has 5 heterocycles. The van der Waals surface area contributed by atoms with Crippen LogP contribution < -0.4 is 4.74 Å². The zero-order chi connectivity index (χ0) is 53.1. The van der Waals surface area contributed by atoms with Crippen LogP contribution in [0.2, 0.25) is 0 Å². The number of carbonyl (C=O) groups excluding carboxylic acids is 3. The van der Waals surface area contributed by atoms with Gasteiger partial charge in [0.05, 0.1) is 72.0 Å². The number of ketones is 3. The van der Waals surface area contributed by atoms with Gasteiger partial charge in [-0.3, -0.25) is 14.4 Å². The number of aromatic hydroxyl groups is 2. The fourth-order valence-electron chi connectivity index (χ4n) is 10.8. The van der Waals surface area contributed by atoms with E-state index >= 15 is 0 Å². The van der Waals surface area contributed by atoms with Gasteiger partial charge in [-0.25, -0.2) is 0 Å². The van der Waals surface area contributed by atoms with Gasteiger partial charge in [-0.05, 0) is 71.0 Å². The van der Waals surface area contributed by atoms with E-state index in [2.05, 4.69) is 0 Å². The molecule has 5 unspecified atom stereocenters. The van der Waals surface area contributed by atoms with Crippen molar-refractivity contribution in [2.75, 3.05) is 7.11 Å². The lowest BCUT2D eigenvalue weighted by Gasteiger charge is -2.45. The summed E-state index contributed by atoms with van der Waals surface area (Å²) in [5.74, 6) is -4.75. The number of rotatable bonds is 14. The summed E-state index contributed by atoms with van der Waals surface area (Å²) in [7, 11) is 1.20. The second kappa shape index (κ2) is 22.6. The van der Waals surface area contributed by atoms with Gasteiger partial charge in [0.1, 0.15) is 60.0 Å². The monoisotopic (exact) mass is 1040 g/mol. The number of phenols is 2. The largest absolute Gasteiger partial charge is 0.507 e. The van der Waals surface area contributed by atoms with Crippen LogP contribution in [0, 0.1) is 12.8 Å². The molecule has 2 aromatic carbocycles. The van der Waals surface area contributed by atoms with Gasteiger partial charge < -0.3 is 98.1 Å². The van der Waals surface area contributed by atoms with Gasteiger partial charge in [-0.1, -0.05) is 0 Å². The molecule has 73 heavy (non-hydrogen) atoms. The summed E-state index contributed by atoms with van der Waals surface area (Å²) in [4.78, 5) is 41.0. The molecule has 5 aliphatic heterocycles. The summed E-state index contributed by atoms with van der Waals surface area (Å²) in [5.41, 5.74) is 0.135. The molecule has 8 rings (SSSR count). The van der Waals surface area contributed by atoms with Crippen molar-refractivity contribution in [2.24, 2.45) is 5.92 Å². The third kappa shape index (κ3) is 11.4. The molecule has 0 saturated carbocycles. The number of fused-ring (bicyclic) bond motifs is 2. The Labute approximate surface area is 421 Å². The van der Waals surface area contributed by atoms with Crippen molar-refractivity contribution >= 4 is 28.1 Å². The number of hydrogen-bond acceptors (Lipinski definition) is 23. The minimum Gasteiger partial charge on any atom is -0.507 e. The maximum absolute atomic E-state index is 14.9. The first-order valence-electron chi connectivity index (χ1n) is 24.9. The van der Waals surface area contributed by atoms with E-state index in [1.165, 1.54) is 26.2 Å². The zero-order valence-corrected chi connectivity index (χ0v) is 41.9. The Balaban J connectivity index is 1.03. The third-order valence-corrected chi connectivity index (χ3v) is 15.1. The van der Waals surface area contributed by atoms with E-state index in [9.17, 15) is 60.3 Å². The van der Waals surface area contributed by atoms with Gasteiger partial charge in [0.15, 0.2) is 36.7 Å². The number of Topliss-reactive ketones (excluding diaryl/α,β-unsaturated/α-hetero) is 3. The van der Waals surface area contributed by atoms with E-state index in [0.717, 1.165) is 6.92 Å². The first-order chi connectivity index (χ1) is 34.4. The van der Waals surface area contributed by atoms with Crippen LogP contribution in [0.25, 0.3) is 10.8 Å². The van der Waals surface area contributed by atoms with E-state index in [1.54, 1.807) is 34.6 Å². The van der Waals surface area contributed by atoms with Gasteiger partial charge in [-0.15, -0.1) is 0 Å². The smallest absolute Gasteiger partial charge is 0.227 e. The highest BCUT2D eigenvalue weighted by Crippen LogP contribution is 2.47. The van der Waals surface area contributed by atoms with Gasteiger partial charge in [-0.2, -0.15) is 0 Å². The zero-order valence-electron chi connectivity index (χ0n) is 41.9. The van der Waals surface area contributed by atoms with Crippen molar-refractivity contribution in [1.29, 1.82) is 0 Å². The van der Waals surface area contributed by atoms with E-state index in [4.69, 9.17) is 52.1 Å². The highest BCUT2D eigenvalue weighted by Gasteiger charge is 2.50. The highest BCUT2D eigenvalue weighted by molar-refractivity contribution is 6.38.